The van der Waals surface area contributed by atoms with Gasteiger partial charge in [0.25, 0.3) is 0 Å². The second kappa shape index (κ2) is 8.99. The van der Waals surface area contributed by atoms with Crippen LogP contribution in [0.3, 0.4) is 0 Å². The van der Waals surface area contributed by atoms with Crippen LogP contribution in [0.4, 0.5) is 0 Å². The van der Waals surface area contributed by atoms with Crippen molar-refractivity contribution >= 4 is 11.9 Å². The fourth-order valence-corrected chi connectivity index (χ4v) is 7.12. The molecule has 3 aliphatic carbocycles. The van der Waals surface area contributed by atoms with Gasteiger partial charge in [0, 0.05) is 12.6 Å². The second-order valence-electron chi connectivity index (χ2n) is 10.1. The number of esters is 2. The summed E-state index contributed by atoms with van der Waals surface area (Å²) in [5, 5.41) is 14.2. The number of nitrogens with one attached hydrogen (secondary N) is 1. The molecule has 0 saturated heterocycles. The van der Waals surface area contributed by atoms with Gasteiger partial charge < -0.3 is 19.9 Å². The molecule has 30 heavy (non-hydrogen) atoms. The van der Waals surface area contributed by atoms with Crippen LogP contribution >= 0.6 is 0 Å². The lowest BCUT2D eigenvalue weighted by molar-refractivity contribution is -0.189. The number of rotatable bonds is 5. The molecule has 0 amide bonds. The van der Waals surface area contributed by atoms with Crippen LogP contribution in [0.1, 0.15) is 59.3 Å². The molecule has 3 saturated carbocycles. The van der Waals surface area contributed by atoms with E-state index < -0.39 is 11.5 Å². The molecule has 0 aromatic rings. The first-order valence-corrected chi connectivity index (χ1v) is 11.5. The molecule has 0 heterocycles. The van der Waals surface area contributed by atoms with Gasteiger partial charge in [0.15, 0.2) is 0 Å². The first-order chi connectivity index (χ1) is 14.2. The van der Waals surface area contributed by atoms with Gasteiger partial charge >= 0.3 is 11.9 Å². The Morgan fingerprint density at radius 2 is 2.03 bits per heavy atom. The summed E-state index contributed by atoms with van der Waals surface area (Å²) in [5.41, 5.74) is 0.542. The summed E-state index contributed by atoms with van der Waals surface area (Å²) in [6, 6.07) is 0. The molecule has 0 radical (unpaired) electrons. The van der Waals surface area contributed by atoms with Gasteiger partial charge in [-0.25, -0.2) is 4.79 Å². The van der Waals surface area contributed by atoms with Crippen molar-refractivity contribution in [2.24, 2.45) is 34.5 Å². The number of aliphatic hydroxyl groups excluding tert-OH is 1. The minimum Gasteiger partial charge on any atom is -0.469 e. The monoisotopic (exact) mass is 421 g/mol. The zero-order valence-corrected chi connectivity index (χ0v) is 19.2. The van der Waals surface area contributed by atoms with Gasteiger partial charge in [-0.1, -0.05) is 25.8 Å². The van der Waals surface area contributed by atoms with Crippen LogP contribution in [0.5, 0.6) is 0 Å². The van der Waals surface area contributed by atoms with Crippen LogP contribution in [0, 0.1) is 34.5 Å². The Morgan fingerprint density at radius 3 is 2.70 bits per heavy atom. The summed E-state index contributed by atoms with van der Waals surface area (Å²) in [5.74, 6) is 0.249. The molecule has 0 aromatic carbocycles. The quantitative estimate of drug-likeness (QED) is 0.403. The highest BCUT2D eigenvalue weighted by atomic mass is 16.5. The zero-order valence-electron chi connectivity index (χ0n) is 19.2. The second-order valence-corrected chi connectivity index (χ2v) is 10.1. The maximum Gasteiger partial charge on any atom is 0.330 e. The van der Waals surface area contributed by atoms with Gasteiger partial charge in [-0.2, -0.15) is 0 Å². The van der Waals surface area contributed by atoms with Gasteiger partial charge in [0.1, 0.15) is 6.61 Å². The fourth-order valence-electron chi connectivity index (χ4n) is 7.12. The Labute approximate surface area is 180 Å². The molecule has 0 aliphatic heterocycles. The van der Waals surface area contributed by atoms with Crippen molar-refractivity contribution in [3.8, 4) is 0 Å². The molecule has 0 aromatic heterocycles. The van der Waals surface area contributed by atoms with Crippen molar-refractivity contribution in [2.75, 3.05) is 27.3 Å². The fraction of sp³-hybridized carbons (Fsp3) is 0.833. The summed E-state index contributed by atoms with van der Waals surface area (Å²) >= 11 is 0. The van der Waals surface area contributed by atoms with Crippen LogP contribution in [0.2, 0.25) is 0 Å². The summed E-state index contributed by atoms with van der Waals surface area (Å²) in [4.78, 5) is 24.9. The molecule has 2 N–H and O–H groups in total. The van der Waals surface area contributed by atoms with Gasteiger partial charge in [-0.05, 0) is 75.2 Å². The third-order valence-corrected chi connectivity index (χ3v) is 8.67. The molecule has 0 spiro atoms. The third kappa shape index (κ3) is 3.93. The van der Waals surface area contributed by atoms with E-state index in [-0.39, 0.29) is 35.1 Å². The van der Waals surface area contributed by atoms with Crippen LogP contribution in [0.15, 0.2) is 11.6 Å². The lowest BCUT2D eigenvalue weighted by Crippen LogP contribution is -2.60. The highest BCUT2D eigenvalue weighted by molar-refractivity contribution is 5.83. The van der Waals surface area contributed by atoms with Crippen LogP contribution < -0.4 is 5.32 Å². The topological polar surface area (TPSA) is 84.9 Å². The molecule has 0 bridgehead atoms. The van der Waals surface area contributed by atoms with Gasteiger partial charge in [0.05, 0.1) is 18.6 Å². The standard InChI is InChI=1S/C24H39NO5/c1-15-16(13-20(27)30-12-11-25-4)7-8-17-21(15)18(26)14-19-23(17,2)9-6-10-24(19,3)22(28)29-5/h13,15,17-19,21,25-26H,6-12,14H2,1-5H3/t15-,17+,18+,19-,21+,23-,24+/m1/s1. The van der Waals surface area contributed by atoms with E-state index in [0.29, 0.717) is 25.5 Å². The Kier molecular flexibility index (Phi) is 6.97. The van der Waals surface area contributed by atoms with E-state index in [1.54, 1.807) is 6.08 Å². The number of carbonyl (C=O) groups is 2. The highest BCUT2D eigenvalue weighted by Gasteiger charge is 2.62. The lowest BCUT2D eigenvalue weighted by atomic mass is 9.42. The number of carbonyl (C=O) groups excluding carboxylic acids is 2. The molecule has 6 nitrogen and oxygen atoms in total. The van der Waals surface area contributed by atoms with Gasteiger partial charge in [-0.15, -0.1) is 0 Å². The van der Waals surface area contributed by atoms with Crippen molar-refractivity contribution in [1.29, 1.82) is 0 Å². The van der Waals surface area contributed by atoms with Crippen molar-refractivity contribution in [3.05, 3.63) is 11.6 Å². The summed E-state index contributed by atoms with van der Waals surface area (Å²) in [6.07, 6.45) is 6.48. The van der Waals surface area contributed by atoms with E-state index in [1.165, 1.54) is 7.11 Å². The molecule has 6 heteroatoms. The van der Waals surface area contributed by atoms with Crippen molar-refractivity contribution in [3.63, 3.8) is 0 Å². The largest absolute Gasteiger partial charge is 0.469 e. The predicted molar refractivity (Wildman–Crippen MR) is 115 cm³/mol. The van der Waals surface area contributed by atoms with E-state index in [2.05, 4.69) is 19.2 Å². The molecule has 0 unspecified atom stereocenters. The average Bonchev–Trinajstić information content (AvgIpc) is 2.71. The number of methoxy groups -OCH3 is 1. The Bertz CT molecular complexity index is 691. The molecule has 3 aliphatic rings. The SMILES string of the molecule is CNCCOC(=O)C=C1CC[C@H]2[C@H]([C@@H]1C)[C@@H](O)C[C@@H]1[C@]2(C)CCC[C@]1(C)C(=O)OC. The number of aliphatic hydroxyl groups is 1. The van der Waals surface area contributed by atoms with Gasteiger partial charge in [-0.3, -0.25) is 4.79 Å². The van der Waals surface area contributed by atoms with E-state index in [0.717, 1.165) is 37.7 Å². The maximum absolute atomic E-state index is 12.7. The average molecular weight is 422 g/mol. The maximum atomic E-state index is 12.7. The number of likely N-dealkylation sites (N-methyl/N-ethyl adjacent to an activating group) is 1. The highest BCUT2D eigenvalue weighted by Crippen LogP contribution is 2.65. The lowest BCUT2D eigenvalue weighted by Gasteiger charge is -2.62. The van der Waals surface area contributed by atoms with E-state index in [1.807, 2.05) is 14.0 Å². The van der Waals surface area contributed by atoms with Crippen LogP contribution in [0.25, 0.3) is 0 Å². The van der Waals surface area contributed by atoms with E-state index >= 15 is 0 Å². The zero-order chi connectivity index (χ0) is 22.1. The minimum atomic E-state index is -0.538. The van der Waals surface area contributed by atoms with Crippen molar-refractivity contribution in [1.82, 2.24) is 5.32 Å². The Balaban J connectivity index is 1.83. The van der Waals surface area contributed by atoms with Crippen LogP contribution in [-0.2, 0) is 19.1 Å². The van der Waals surface area contributed by atoms with Crippen molar-refractivity contribution in [2.45, 2.75) is 65.4 Å². The molecule has 3 fully saturated rings. The Hall–Kier alpha value is -1.40. The Morgan fingerprint density at radius 1 is 1.30 bits per heavy atom. The van der Waals surface area contributed by atoms with Gasteiger partial charge in [0.2, 0.25) is 0 Å². The number of ether oxygens (including phenoxy) is 2. The molecule has 3 rings (SSSR count). The normalized spacial score (nSPS) is 42.2. The summed E-state index contributed by atoms with van der Waals surface area (Å²) in [7, 11) is 3.29. The van der Waals surface area contributed by atoms with E-state index in [9.17, 15) is 14.7 Å². The van der Waals surface area contributed by atoms with Crippen molar-refractivity contribution < 1.29 is 24.2 Å². The van der Waals surface area contributed by atoms with Crippen LogP contribution in [-0.4, -0.2) is 50.5 Å². The first-order valence-electron chi connectivity index (χ1n) is 11.5. The number of allylic oxidation sites excluding steroid dienone is 1. The predicted octanol–water partition coefficient (Wildman–Crippen LogP) is 3.09. The molecular weight excluding hydrogens is 382 g/mol. The third-order valence-electron chi connectivity index (χ3n) is 8.67. The summed E-state index contributed by atoms with van der Waals surface area (Å²) in [6.45, 7) is 7.49. The molecular formula is C24H39NO5. The molecule has 7 atom stereocenters. The summed E-state index contributed by atoms with van der Waals surface area (Å²) < 4.78 is 10.5. The number of hydrogen-bond donors (Lipinski definition) is 2. The number of fused-ring (bicyclic) bond motifs is 3. The van der Waals surface area contributed by atoms with E-state index in [4.69, 9.17) is 9.47 Å². The number of hydrogen-bond acceptors (Lipinski definition) is 6. The molecule has 170 valence electrons. The first kappa shape index (κ1) is 23.3. The smallest absolute Gasteiger partial charge is 0.330 e. The minimum absolute atomic E-state index is 0.00180.